The van der Waals surface area contributed by atoms with Crippen LogP contribution in [0.5, 0.6) is 5.75 Å². The van der Waals surface area contributed by atoms with Gasteiger partial charge < -0.3 is 10.5 Å². The van der Waals surface area contributed by atoms with Gasteiger partial charge in [0, 0.05) is 11.3 Å². The summed E-state index contributed by atoms with van der Waals surface area (Å²) < 4.78 is 5.98. The Hall–Kier alpha value is -2.74. The van der Waals surface area contributed by atoms with Gasteiger partial charge in [-0.2, -0.15) is 0 Å². The fourth-order valence-electron chi connectivity index (χ4n) is 2.32. The number of hydrogen-bond acceptors (Lipinski definition) is 2. The lowest BCUT2D eigenvalue weighted by molar-refractivity contribution is 0.307. The highest BCUT2D eigenvalue weighted by Crippen LogP contribution is 2.35. The highest BCUT2D eigenvalue weighted by Gasteiger charge is 2.09. The van der Waals surface area contributed by atoms with Crippen molar-refractivity contribution in [1.82, 2.24) is 0 Å². The number of benzene rings is 3. The molecule has 0 saturated carbocycles. The van der Waals surface area contributed by atoms with E-state index in [0.29, 0.717) is 6.61 Å². The van der Waals surface area contributed by atoms with Gasteiger partial charge in [0.05, 0.1) is 0 Å². The third-order valence-corrected chi connectivity index (χ3v) is 3.36. The van der Waals surface area contributed by atoms with Crippen molar-refractivity contribution >= 4 is 5.69 Å². The molecule has 2 heteroatoms. The van der Waals surface area contributed by atoms with Gasteiger partial charge in [0.25, 0.3) is 0 Å². The zero-order valence-corrected chi connectivity index (χ0v) is 11.7. The van der Waals surface area contributed by atoms with Crippen LogP contribution in [-0.2, 0) is 6.61 Å². The Morgan fingerprint density at radius 1 is 0.714 bits per heavy atom. The maximum absolute atomic E-state index is 6.14. The SMILES string of the molecule is Nc1cccc(OCc2ccccc2)c1-c1ccccc1. The van der Waals surface area contributed by atoms with Gasteiger partial charge in [-0.1, -0.05) is 66.7 Å². The van der Waals surface area contributed by atoms with Crippen molar-refractivity contribution in [2.24, 2.45) is 0 Å². The minimum Gasteiger partial charge on any atom is -0.488 e. The first-order valence-corrected chi connectivity index (χ1v) is 6.95. The lowest BCUT2D eigenvalue weighted by Gasteiger charge is -2.14. The molecule has 0 aromatic heterocycles. The van der Waals surface area contributed by atoms with E-state index in [9.17, 15) is 0 Å². The summed E-state index contributed by atoms with van der Waals surface area (Å²) in [4.78, 5) is 0. The first-order valence-electron chi connectivity index (χ1n) is 6.95. The standard InChI is InChI=1S/C19H17NO/c20-17-12-7-13-18(19(17)16-10-5-2-6-11-16)21-14-15-8-3-1-4-9-15/h1-13H,14,20H2. The van der Waals surface area contributed by atoms with Crippen LogP contribution in [0, 0.1) is 0 Å². The van der Waals surface area contributed by atoms with Gasteiger partial charge in [-0.25, -0.2) is 0 Å². The normalized spacial score (nSPS) is 10.3. The average Bonchev–Trinajstić information content (AvgIpc) is 2.55. The second kappa shape index (κ2) is 6.14. The predicted octanol–water partition coefficient (Wildman–Crippen LogP) is 4.51. The van der Waals surface area contributed by atoms with Crippen LogP contribution in [0.2, 0.25) is 0 Å². The van der Waals surface area contributed by atoms with Crippen molar-refractivity contribution < 1.29 is 4.74 Å². The molecular formula is C19H17NO. The number of hydrogen-bond donors (Lipinski definition) is 1. The van der Waals surface area contributed by atoms with Gasteiger partial charge in [0.2, 0.25) is 0 Å². The predicted molar refractivity (Wildman–Crippen MR) is 87.1 cm³/mol. The molecule has 0 amide bonds. The summed E-state index contributed by atoms with van der Waals surface area (Å²) in [5.41, 5.74) is 10.0. The van der Waals surface area contributed by atoms with E-state index in [4.69, 9.17) is 10.5 Å². The van der Waals surface area contributed by atoms with Crippen molar-refractivity contribution in [1.29, 1.82) is 0 Å². The van der Waals surface area contributed by atoms with E-state index in [1.54, 1.807) is 0 Å². The lowest BCUT2D eigenvalue weighted by Crippen LogP contribution is -1.99. The van der Waals surface area contributed by atoms with Crippen molar-refractivity contribution in [3.63, 3.8) is 0 Å². The molecule has 0 aliphatic heterocycles. The minimum atomic E-state index is 0.532. The van der Waals surface area contributed by atoms with Crippen LogP contribution < -0.4 is 10.5 Å². The molecule has 0 aliphatic rings. The van der Waals surface area contributed by atoms with E-state index >= 15 is 0 Å². The number of nitrogens with two attached hydrogens (primary N) is 1. The maximum Gasteiger partial charge on any atom is 0.129 e. The van der Waals surface area contributed by atoms with Gasteiger partial charge in [-0.3, -0.25) is 0 Å². The van der Waals surface area contributed by atoms with Crippen LogP contribution in [0.1, 0.15) is 5.56 Å². The van der Waals surface area contributed by atoms with Gasteiger partial charge in [-0.15, -0.1) is 0 Å². The molecule has 3 aromatic carbocycles. The van der Waals surface area contributed by atoms with E-state index < -0.39 is 0 Å². The quantitative estimate of drug-likeness (QED) is 0.711. The summed E-state index contributed by atoms with van der Waals surface area (Å²) >= 11 is 0. The monoisotopic (exact) mass is 275 g/mol. The Morgan fingerprint density at radius 3 is 2.10 bits per heavy atom. The van der Waals surface area contributed by atoms with E-state index in [1.165, 1.54) is 0 Å². The molecule has 0 fully saturated rings. The molecule has 3 aromatic rings. The Morgan fingerprint density at radius 2 is 1.38 bits per heavy atom. The topological polar surface area (TPSA) is 35.2 Å². The molecule has 0 saturated heterocycles. The molecule has 0 aliphatic carbocycles. The zero-order chi connectivity index (χ0) is 14.5. The molecule has 104 valence electrons. The van der Waals surface area contributed by atoms with Crippen LogP contribution >= 0.6 is 0 Å². The fourth-order valence-corrected chi connectivity index (χ4v) is 2.32. The lowest BCUT2D eigenvalue weighted by atomic mass is 10.0. The van der Waals surface area contributed by atoms with Crippen LogP contribution in [0.4, 0.5) is 5.69 Å². The highest BCUT2D eigenvalue weighted by molar-refractivity contribution is 5.81. The molecule has 3 rings (SSSR count). The molecule has 21 heavy (non-hydrogen) atoms. The van der Waals surface area contributed by atoms with Gasteiger partial charge >= 0.3 is 0 Å². The molecule has 0 atom stereocenters. The van der Waals surface area contributed by atoms with Crippen LogP contribution in [0.25, 0.3) is 11.1 Å². The minimum absolute atomic E-state index is 0.532. The Balaban J connectivity index is 1.91. The van der Waals surface area contributed by atoms with Gasteiger partial charge in [-0.05, 0) is 23.3 Å². The molecule has 0 spiro atoms. The summed E-state index contributed by atoms with van der Waals surface area (Å²) in [6.07, 6.45) is 0. The smallest absolute Gasteiger partial charge is 0.129 e. The van der Waals surface area contributed by atoms with Crippen molar-refractivity contribution in [2.45, 2.75) is 6.61 Å². The highest BCUT2D eigenvalue weighted by atomic mass is 16.5. The molecule has 2 nitrogen and oxygen atoms in total. The maximum atomic E-state index is 6.14. The van der Waals surface area contributed by atoms with Crippen LogP contribution in [-0.4, -0.2) is 0 Å². The number of ether oxygens (including phenoxy) is 1. The molecule has 2 N–H and O–H groups in total. The Labute approximate surface area is 124 Å². The first-order chi connectivity index (χ1) is 10.3. The van der Waals surface area contributed by atoms with Gasteiger partial charge in [0.1, 0.15) is 12.4 Å². The van der Waals surface area contributed by atoms with Crippen LogP contribution in [0.15, 0.2) is 78.9 Å². The third kappa shape index (κ3) is 3.06. The Kier molecular flexibility index (Phi) is 3.88. The fraction of sp³-hybridized carbons (Fsp3) is 0.0526. The van der Waals surface area contributed by atoms with Crippen molar-refractivity contribution in [3.05, 3.63) is 84.4 Å². The zero-order valence-electron chi connectivity index (χ0n) is 11.7. The van der Waals surface area contributed by atoms with E-state index in [0.717, 1.165) is 28.1 Å². The second-order valence-electron chi connectivity index (χ2n) is 4.86. The van der Waals surface area contributed by atoms with Gasteiger partial charge in [0.15, 0.2) is 0 Å². The summed E-state index contributed by atoms with van der Waals surface area (Å²) in [5.74, 6) is 0.810. The van der Waals surface area contributed by atoms with E-state index in [2.05, 4.69) is 12.1 Å². The average molecular weight is 275 g/mol. The van der Waals surface area contributed by atoms with E-state index in [-0.39, 0.29) is 0 Å². The first kappa shape index (κ1) is 13.3. The summed E-state index contributed by atoms with van der Waals surface area (Å²) in [7, 11) is 0. The second-order valence-corrected chi connectivity index (χ2v) is 4.86. The molecule has 0 heterocycles. The van der Waals surface area contributed by atoms with Crippen LogP contribution in [0.3, 0.4) is 0 Å². The number of anilines is 1. The molecule has 0 unspecified atom stereocenters. The Bertz CT molecular complexity index is 708. The third-order valence-electron chi connectivity index (χ3n) is 3.36. The molecule has 0 radical (unpaired) electrons. The van der Waals surface area contributed by atoms with Crippen molar-refractivity contribution in [3.8, 4) is 16.9 Å². The molecular weight excluding hydrogens is 258 g/mol. The summed E-state index contributed by atoms with van der Waals surface area (Å²) in [6.45, 7) is 0.532. The molecule has 0 bridgehead atoms. The largest absolute Gasteiger partial charge is 0.488 e. The van der Waals surface area contributed by atoms with Crippen molar-refractivity contribution in [2.75, 3.05) is 5.73 Å². The summed E-state index contributed by atoms with van der Waals surface area (Å²) in [5, 5.41) is 0. The summed E-state index contributed by atoms with van der Waals surface area (Å²) in [6, 6.07) is 26.0. The van der Waals surface area contributed by atoms with E-state index in [1.807, 2.05) is 66.7 Å². The number of nitrogen functional groups attached to an aromatic ring is 1. The number of rotatable bonds is 4.